The minimum Gasteiger partial charge on any atom is -0.402 e. The van der Waals surface area contributed by atoms with Crippen molar-refractivity contribution >= 4 is 18.4 Å². The highest BCUT2D eigenvalue weighted by molar-refractivity contribution is 6.31. The van der Waals surface area contributed by atoms with Gasteiger partial charge in [-0.25, -0.2) is 9.98 Å². The van der Waals surface area contributed by atoms with Crippen LogP contribution in [0.3, 0.4) is 0 Å². The third kappa shape index (κ3) is 3.21. The lowest BCUT2D eigenvalue weighted by Gasteiger charge is -2.19. The van der Waals surface area contributed by atoms with Crippen molar-refractivity contribution in [3.05, 3.63) is 35.5 Å². The van der Waals surface area contributed by atoms with E-state index in [1.807, 2.05) is 13.8 Å². The van der Waals surface area contributed by atoms with Crippen molar-refractivity contribution < 1.29 is 0 Å². The molecule has 2 heterocycles. The predicted molar refractivity (Wildman–Crippen MR) is 95.1 cm³/mol. The first-order valence-electron chi connectivity index (χ1n) is 7.98. The molecule has 2 aliphatic rings. The third-order valence-corrected chi connectivity index (χ3v) is 4.63. The van der Waals surface area contributed by atoms with Crippen molar-refractivity contribution in [3.63, 3.8) is 0 Å². The summed E-state index contributed by atoms with van der Waals surface area (Å²) in [4.78, 5) is 15.2. The molecule has 3 rings (SSSR count). The smallest absolute Gasteiger partial charge is 0.150 e. The second-order valence-corrected chi connectivity index (χ2v) is 6.24. The van der Waals surface area contributed by atoms with Gasteiger partial charge in [-0.1, -0.05) is 0 Å². The van der Waals surface area contributed by atoms with Crippen LogP contribution in [-0.2, 0) is 0 Å². The number of nitrogens with zero attached hydrogens (tertiary/aromatic N) is 5. The topological polar surface area (TPSA) is 71.3 Å². The van der Waals surface area contributed by atoms with Gasteiger partial charge in [0.2, 0.25) is 0 Å². The Bertz CT molecular complexity index is 664. The minimum absolute atomic E-state index is 0.789. The number of aliphatic imine (C=N–C) groups is 3. The Morgan fingerprint density at radius 2 is 1.87 bits per heavy atom. The molecule has 0 spiro atoms. The molecule has 6 heteroatoms. The highest BCUT2D eigenvalue weighted by atomic mass is 15.3. The molecule has 1 aromatic rings. The van der Waals surface area contributed by atoms with Gasteiger partial charge in [-0.2, -0.15) is 0 Å². The molecule has 1 aliphatic carbocycles. The zero-order valence-corrected chi connectivity index (χ0v) is 14.0. The average Bonchev–Trinajstić information content (AvgIpc) is 3.02. The zero-order valence-electron chi connectivity index (χ0n) is 14.0. The molecular weight excluding hydrogens is 288 g/mol. The van der Waals surface area contributed by atoms with Crippen LogP contribution in [0.15, 0.2) is 39.1 Å². The Morgan fingerprint density at radius 1 is 1.22 bits per heavy atom. The predicted octanol–water partition coefficient (Wildman–Crippen LogP) is 1.79. The SMILES string of the molecule is CN=C(C=NC=NC(=CN)N1CC2CC2C1)n1c(C)ccc1C. The van der Waals surface area contributed by atoms with E-state index in [9.17, 15) is 0 Å². The number of nitrogens with two attached hydrogens (primary N) is 1. The van der Waals surface area contributed by atoms with Crippen LogP contribution >= 0.6 is 0 Å². The zero-order chi connectivity index (χ0) is 16.4. The van der Waals surface area contributed by atoms with Crippen molar-refractivity contribution in [3.8, 4) is 0 Å². The molecule has 122 valence electrons. The van der Waals surface area contributed by atoms with Crippen LogP contribution in [-0.4, -0.2) is 48.0 Å². The Kier molecular flexibility index (Phi) is 4.32. The van der Waals surface area contributed by atoms with Crippen LogP contribution in [0.2, 0.25) is 0 Å². The molecule has 1 aliphatic heterocycles. The van der Waals surface area contributed by atoms with Crippen LogP contribution in [0.1, 0.15) is 17.8 Å². The molecule has 0 bridgehead atoms. The highest BCUT2D eigenvalue weighted by Gasteiger charge is 2.45. The summed E-state index contributed by atoms with van der Waals surface area (Å²) in [7, 11) is 1.76. The molecular formula is C17H24N6. The fourth-order valence-electron chi connectivity index (χ4n) is 3.25. The number of rotatable bonds is 4. The molecule has 6 nitrogen and oxygen atoms in total. The number of hydrogen-bond donors (Lipinski definition) is 1. The number of aryl methyl sites for hydroxylation is 2. The summed E-state index contributed by atoms with van der Waals surface area (Å²) in [5, 5.41) is 0. The van der Waals surface area contributed by atoms with E-state index in [1.165, 1.54) is 6.42 Å². The van der Waals surface area contributed by atoms with Crippen LogP contribution < -0.4 is 5.73 Å². The van der Waals surface area contributed by atoms with E-state index < -0.39 is 0 Å². The summed E-state index contributed by atoms with van der Waals surface area (Å²) in [6.07, 6.45) is 6.19. The lowest BCUT2D eigenvalue weighted by molar-refractivity contribution is 0.377. The monoisotopic (exact) mass is 312 g/mol. The second kappa shape index (κ2) is 6.40. The fraction of sp³-hybridized carbons (Fsp3) is 0.471. The quantitative estimate of drug-likeness (QED) is 0.680. The molecule has 1 saturated carbocycles. The molecule has 1 aromatic heterocycles. The molecule has 1 saturated heterocycles. The Hall–Kier alpha value is -2.37. The molecule has 0 radical (unpaired) electrons. The summed E-state index contributed by atoms with van der Waals surface area (Å²) in [5.41, 5.74) is 7.96. The van der Waals surface area contributed by atoms with Gasteiger partial charge in [0.1, 0.15) is 12.2 Å². The summed E-state index contributed by atoms with van der Waals surface area (Å²) < 4.78 is 2.06. The van der Waals surface area contributed by atoms with Crippen molar-refractivity contribution in [1.29, 1.82) is 0 Å². The number of piperidine rings is 1. The van der Waals surface area contributed by atoms with E-state index in [1.54, 1.807) is 25.8 Å². The van der Waals surface area contributed by atoms with E-state index >= 15 is 0 Å². The van der Waals surface area contributed by atoms with Gasteiger partial charge in [0.25, 0.3) is 0 Å². The summed E-state index contributed by atoms with van der Waals surface area (Å²) >= 11 is 0. The highest BCUT2D eigenvalue weighted by Crippen LogP contribution is 2.45. The van der Waals surface area contributed by atoms with E-state index in [4.69, 9.17) is 5.73 Å². The summed E-state index contributed by atoms with van der Waals surface area (Å²) in [6, 6.07) is 4.13. The van der Waals surface area contributed by atoms with Crippen molar-refractivity contribution in [2.45, 2.75) is 20.3 Å². The minimum atomic E-state index is 0.789. The van der Waals surface area contributed by atoms with Gasteiger partial charge in [0.05, 0.1) is 6.21 Å². The normalized spacial score (nSPS) is 24.9. The van der Waals surface area contributed by atoms with Crippen molar-refractivity contribution in [2.24, 2.45) is 32.5 Å². The molecule has 0 amide bonds. The molecule has 23 heavy (non-hydrogen) atoms. The second-order valence-electron chi connectivity index (χ2n) is 6.24. The largest absolute Gasteiger partial charge is 0.402 e. The lowest BCUT2D eigenvalue weighted by atomic mass is 10.4. The first-order valence-corrected chi connectivity index (χ1v) is 7.98. The summed E-state index contributed by atoms with van der Waals surface area (Å²) in [6.45, 7) is 6.23. The maximum absolute atomic E-state index is 5.70. The molecule has 2 fully saturated rings. The molecule has 2 unspecified atom stereocenters. The lowest BCUT2D eigenvalue weighted by Crippen LogP contribution is -2.22. The first kappa shape index (κ1) is 15.5. The summed E-state index contributed by atoms with van der Waals surface area (Å²) in [5.74, 6) is 3.29. The van der Waals surface area contributed by atoms with Gasteiger partial charge in [-0.15, -0.1) is 0 Å². The average molecular weight is 312 g/mol. The number of aromatic nitrogens is 1. The van der Waals surface area contributed by atoms with Gasteiger partial charge < -0.3 is 15.2 Å². The van der Waals surface area contributed by atoms with Gasteiger partial charge in [0, 0.05) is 37.7 Å². The van der Waals surface area contributed by atoms with Gasteiger partial charge >= 0.3 is 0 Å². The van der Waals surface area contributed by atoms with Crippen LogP contribution in [0, 0.1) is 25.7 Å². The standard InChI is InChI=1S/C17H24N6/c1-12-4-5-13(2)23(12)17(19-3)8-20-11-21-16(7-18)22-9-14-6-15(14)10-22/h4-5,7-8,11,14-15H,6,9-10,18H2,1-3H3. The van der Waals surface area contributed by atoms with Gasteiger partial charge in [-0.05, 0) is 44.2 Å². The first-order chi connectivity index (χ1) is 11.1. The van der Waals surface area contributed by atoms with E-state index in [-0.39, 0.29) is 0 Å². The number of hydrogen-bond acceptors (Lipinski definition) is 4. The Labute approximate surface area is 137 Å². The molecule has 2 atom stereocenters. The molecule has 2 N–H and O–H groups in total. The van der Waals surface area contributed by atoms with Crippen molar-refractivity contribution in [1.82, 2.24) is 9.47 Å². The van der Waals surface area contributed by atoms with Crippen LogP contribution in [0.5, 0.6) is 0 Å². The maximum atomic E-state index is 5.70. The van der Waals surface area contributed by atoms with Crippen molar-refractivity contribution in [2.75, 3.05) is 20.1 Å². The Balaban J connectivity index is 1.65. The third-order valence-electron chi connectivity index (χ3n) is 4.63. The number of fused-ring (bicyclic) bond motifs is 1. The fourth-order valence-corrected chi connectivity index (χ4v) is 3.25. The van der Waals surface area contributed by atoms with E-state index in [0.717, 1.165) is 48.0 Å². The van der Waals surface area contributed by atoms with E-state index in [2.05, 4.69) is 36.6 Å². The van der Waals surface area contributed by atoms with Gasteiger partial charge in [0.15, 0.2) is 5.84 Å². The van der Waals surface area contributed by atoms with E-state index in [0.29, 0.717) is 0 Å². The van der Waals surface area contributed by atoms with Crippen LogP contribution in [0.4, 0.5) is 0 Å². The Morgan fingerprint density at radius 3 is 2.43 bits per heavy atom. The molecule has 0 aromatic carbocycles. The maximum Gasteiger partial charge on any atom is 0.150 e. The van der Waals surface area contributed by atoms with Crippen LogP contribution in [0.25, 0.3) is 0 Å². The number of likely N-dealkylation sites (tertiary alicyclic amines) is 1. The van der Waals surface area contributed by atoms with Gasteiger partial charge in [-0.3, -0.25) is 4.99 Å².